The van der Waals surface area contributed by atoms with E-state index in [0.29, 0.717) is 6.61 Å². The molecule has 194 valence electrons. The summed E-state index contributed by atoms with van der Waals surface area (Å²) in [6.45, 7) is 6.52. The van der Waals surface area contributed by atoms with E-state index in [0.717, 1.165) is 25.5 Å². The lowest BCUT2D eigenvalue weighted by molar-refractivity contribution is -0.141. The molecule has 0 spiro atoms. The van der Waals surface area contributed by atoms with Gasteiger partial charge in [0.05, 0.1) is 6.61 Å². The van der Waals surface area contributed by atoms with E-state index in [-0.39, 0.29) is 5.97 Å². The molecule has 0 N–H and O–H groups in total. The van der Waals surface area contributed by atoms with Gasteiger partial charge in [0.25, 0.3) is 0 Å². The van der Waals surface area contributed by atoms with Crippen LogP contribution in [0.4, 0.5) is 0 Å². The molecule has 0 aliphatic heterocycles. The monoisotopic (exact) mass is 464 g/mol. The van der Waals surface area contributed by atoms with Crippen LogP contribution in [0.5, 0.6) is 0 Å². The molecule has 0 fully saturated rings. The largest absolute Gasteiger partial charge is 0.466 e. The summed E-state index contributed by atoms with van der Waals surface area (Å²) in [6, 6.07) is 0. The van der Waals surface area contributed by atoms with Gasteiger partial charge in [-0.15, -0.1) is 0 Å². The minimum atomic E-state index is -0.159. The highest BCUT2D eigenvalue weighted by atomic mass is 16.5. The van der Waals surface area contributed by atoms with Gasteiger partial charge in [0.1, 0.15) is 6.29 Å². The van der Waals surface area contributed by atoms with Crippen LogP contribution >= 0.6 is 0 Å². The number of aldehydes is 1. The normalized spacial score (nSPS) is 11.0. The zero-order valence-electron chi connectivity index (χ0n) is 22.5. The highest BCUT2D eigenvalue weighted by Crippen LogP contribution is 2.10. The predicted octanol–water partition coefficient (Wildman–Crippen LogP) is 9.69. The van der Waals surface area contributed by atoms with Crippen LogP contribution < -0.4 is 0 Å². The molecular weight excluding hydrogens is 408 g/mol. The molecule has 0 aliphatic rings. The highest BCUT2D eigenvalue weighted by molar-refractivity contribution is 5.65. The Hall–Kier alpha value is -1.38. The van der Waals surface area contributed by atoms with Gasteiger partial charge >= 0.3 is 5.97 Å². The minimum Gasteiger partial charge on any atom is -0.466 e. The number of carbonyl (C=O) groups is 2. The summed E-state index contributed by atoms with van der Waals surface area (Å²) in [6.07, 6.45) is 34.8. The molecule has 0 heterocycles. The van der Waals surface area contributed by atoms with Crippen LogP contribution in [-0.2, 0) is 14.3 Å². The summed E-state index contributed by atoms with van der Waals surface area (Å²) in [5, 5.41) is 0. The third kappa shape index (κ3) is 38.2. The van der Waals surface area contributed by atoms with E-state index < -0.39 is 0 Å². The molecule has 0 unspecified atom stereocenters. The lowest BCUT2D eigenvalue weighted by atomic mass is 10.1. The molecule has 0 amide bonds. The number of rotatable bonds is 23. The van der Waals surface area contributed by atoms with Crippen LogP contribution in [0.2, 0.25) is 0 Å². The van der Waals surface area contributed by atoms with Crippen molar-refractivity contribution in [1.82, 2.24) is 0 Å². The Morgan fingerprint density at radius 2 is 0.909 bits per heavy atom. The third-order valence-electron chi connectivity index (χ3n) is 5.55. The number of allylic oxidation sites excluding steroid dienone is 4. The van der Waals surface area contributed by atoms with E-state index in [9.17, 15) is 9.59 Å². The van der Waals surface area contributed by atoms with Crippen LogP contribution in [0.15, 0.2) is 24.3 Å². The summed E-state index contributed by atoms with van der Waals surface area (Å²) < 4.78 is 4.90. The van der Waals surface area contributed by atoms with Crippen molar-refractivity contribution in [3.63, 3.8) is 0 Å². The summed E-state index contributed by atoms with van der Waals surface area (Å²) >= 11 is 0. The Labute approximate surface area is 206 Å². The fraction of sp³-hybridized carbons (Fsp3) is 0.800. The number of hydrogen-bond acceptors (Lipinski definition) is 3. The molecular formula is C30H56O3. The Morgan fingerprint density at radius 1 is 0.545 bits per heavy atom. The molecule has 0 aromatic heterocycles. The quantitative estimate of drug-likeness (QED) is 0.0654. The van der Waals surface area contributed by atoms with Crippen molar-refractivity contribution in [2.45, 2.75) is 149 Å². The van der Waals surface area contributed by atoms with Gasteiger partial charge in [-0.3, -0.25) is 4.79 Å². The second-order valence-electron chi connectivity index (χ2n) is 8.99. The van der Waals surface area contributed by atoms with Gasteiger partial charge in [-0.25, -0.2) is 0 Å². The molecule has 0 aromatic rings. The number of esters is 1. The van der Waals surface area contributed by atoms with E-state index in [1.807, 2.05) is 0 Å². The van der Waals surface area contributed by atoms with Crippen LogP contribution in [0, 0.1) is 0 Å². The molecule has 3 heteroatoms. The van der Waals surface area contributed by atoms with E-state index in [1.165, 1.54) is 116 Å². The molecule has 0 bridgehead atoms. The average Bonchev–Trinajstić information content (AvgIpc) is 2.81. The van der Waals surface area contributed by atoms with Gasteiger partial charge in [0.15, 0.2) is 0 Å². The zero-order chi connectivity index (χ0) is 24.7. The van der Waals surface area contributed by atoms with E-state index in [4.69, 9.17) is 4.74 Å². The first-order chi connectivity index (χ1) is 16.2. The summed E-state index contributed by atoms with van der Waals surface area (Å²) in [4.78, 5) is 20.5. The van der Waals surface area contributed by atoms with Crippen LogP contribution in [0.1, 0.15) is 149 Å². The Kier molecular flexibility index (Phi) is 33.6. The van der Waals surface area contributed by atoms with Gasteiger partial charge in [-0.2, -0.15) is 0 Å². The standard InChI is InChI=1S/C18H34O2.C12H22O/c1-3-4-5-6-7-8-9-10-11-12-13-14-15-16-17-20-18(2)19;1-2-3-4-5-6-7-8-9-10-11-12-13/h6-7H,3-5,8-17H2,1-2H3;5-6,12H,2-4,7-11H2,1H3/b7-6+;6-5-. The van der Waals surface area contributed by atoms with Gasteiger partial charge in [0, 0.05) is 13.3 Å². The Balaban J connectivity index is 0. The maximum absolute atomic E-state index is 10.6. The van der Waals surface area contributed by atoms with Crippen molar-refractivity contribution in [2.75, 3.05) is 6.61 Å². The number of carbonyl (C=O) groups excluding carboxylic acids is 2. The number of hydrogen-bond donors (Lipinski definition) is 0. The Bertz CT molecular complexity index is 440. The van der Waals surface area contributed by atoms with Crippen molar-refractivity contribution in [3.8, 4) is 0 Å². The number of unbranched alkanes of at least 4 members (excludes halogenated alkanes) is 16. The average molecular weight is 465 g/mol. The minimum absolute atomic E-state index is 0.159. The molecule has 0 atom stereocenters. The topological polar surface area (TPSA) is 43.4 Å². The molecule has 3 nitrogen and oxygen atoms in total. The lowest BCUT2D eigenvalue weighted by Crippen LogP contribution is -2.00. The van der Waals surface area contributed by atoms with Gasteiger partial charge in [-0.1, -0.05) is 109 Å². The van der Waals surface area contributed by atoms with Crippen molar-refractivity contribution < 1.29 is 14.3 Å². The third-order valence-corrected chi connectivity index (χ3v) is 5.55. The van der Waals surface area contributed by atoms with Gasteiger partial charge in [-0.05, 0) is 51.4 Å². The van der Waals surface area contributed by atoms with Crippen molar-refractivity contribution in [1.29, 1.82) is 0 Å². The maximum atomic E-state index is 10.6. The van der Waals surface area contributed by atoms with E-state index in [1.54, 1.807) is 0 Å². The molecule has 0 saturated carbocycles. The fourth-order valence-corrected chi connectivity index (χ4v) is 3.42. The van der Waals surface area contributed by atoms with Crippen LogP contribution in [0.25, 0.3) is 0 Å². The molecule has 33 heavy (non-hydrogen) atoms. The second-order valence-corrected chi connectivity index (χ2v) is 8.99. The molecule has 0 aromatic carbocycles. The molecule has 0 aliphatic carbocycles. The summed E-state index contributed by atoms with van der Waals surface area (Å²) in [5.41, 5.74) is 0. The fourth-order valence-electron chi connectivity index (χ4n) is 3.42. The smallest absolute Gasteiger partial charge is 0.302 e. The Morgan fingerprint density at radius 3 is 1.33 bits per heavy atom. The van der Waals surface area contributed by atoms with Crippen molar-refractivity contribution >= 4 is 12.3 Å². The first kappa shape index (κ1) is 33.8. The summed E-state index contributed by atoms with van der Waals surface area (Å²) in [7, 11) is 0. The highest BCUT2D eigenvalue weighted by Gasteiger charge is 1.94. The predicted molar refractivity (Wildman–Crippen MR) is 145 cm³/mol. The zero-order valence-corrected chi connectivity index (χ0v) is 22.5. The lowest BCUT2D eigenvalue weighted by Gasteiger charge is -2.02. The van der Waals surface area contributed by atoms with E-state index >= 15 is 0 Å². The van der Waals surface area contributed by atoms with Crippen LogP contribution in [-0.4, -0.2) is 18.9 Å². The summed E-state index contributed by atoms with van der Waals surface area (Å²) in [5.74, 6) is -0.159. The van der Waals surface area contributed by atoms with E-state index in [2.05, 4.69) is 38.2 Å². The number of ether oxygens (including phenoxy) is 1. The van der Waals surface area contributed by atoms with Crippen molar-refractivity contribution in [3.05, 3.63) is 24.3 Å². The first-order valence-corrected chi connectivity index (χ1v) is 14.1. The SMILES string of the molecule is CCCC/C=C/CCCCCCCCCCOC(C)=O.CCCC/C=C\CCCCCC=O. The molecule has 0 saturated heterocycles. The molecule has 0 radical (unpaired) electrons. The second kappa shape index (κ2) is 32.8. The van der Waals surface area contributed by atoms with Gasteiger partial charge < -0.3 is 9.53 Å². The van der Waals surface area contributed by atoms with Crippen LogP contribution in [0.3, 0.4) is 0 Å². The first-order valence-electron chi connectivity index (χ1n) is 14.1. The van der Waals surface area contributed by atoms with Gasteiger partial charge in [0.2, 0.25) is 0 Å². The van der Waals surface area contributed by atoms with Crippen molar-refractivity contribution in [2.24, 2.45) is 0 Å². The molecule has 0 rings (SSSR count). The maximum Gasteiger partial charge on any atom is 0.302 e.